The minimum Gasteiger partial charge on any atom is -0.491 e. The molecular formula is C26H24BrNO5. The van der Waals surface area contributed by atoms with E-state index >= 15 is 0 Å². The van der Waals surface area contributed by atoms with Gasteiger partial charge in [-0.05, 0) is 48.8 Å². The third-order valence-electron chi connectivity index (χ3n) is 6.23. The number of para-hydroxylation sites is 1. The van der Waals surface area contributed by atoms with Crippen molar-refractivity contribution in [1.29, 1.82) is 0 Å². The van der Waals surface area contributed by atoms with E-state index < -0.39 is 24.1 Å². The molecule has 3 aliphatic rings. The predicted octanol–water partition coefficient (Wildman–Crippen LogP) is 4.51. The number of aliphatic hydroxyl groups is 1. The van der Waals surface area contributed by atoms with Crippen molar-refractivity contribution in [3.8, 4) is 5.75 Å². The summed E-state index contributed by atoms with van der Waals surface area (Å²) in [6.07, 6.45) is 5.30. The number of fused-ring (bicyclic) bond motifs is 2. The Morgan fingerprint density at radius 1 is 1.18 bits per heavy atom. The van der Waals surface area contributed by atoms with E-state index in [1.54, 1.807) is 12.2 Å². The molecule has 33 heavy (non-hydrogen) atoms. The fourth-order valence-electron chi connectivity index (χ4n) is 4.53. The summed E-state index contributed by atoms with van der Waals surface area (Å²) in [6.45, 7) is 0.524. The number of carboxylic acid groups (broad SMARTS) is 1. The Bertz CT molecular complexity index is 1170. The molecule has 0 bridgehead atoms. The van der Waals surface area contributed by atoms with Crippen molar-refractivity contribution in [1.82, 2.24) is 0 Å². The molecule has 7 heteroatoms. The summed E-state index contributed by atoms with van der Waals surface area (Å²) in [4.78, 5) is 11.7. The first kappa shape index (κ1) is 21.8. The summed E-state index contributed by atoms with van der Waals surface area (Å²) in [5.41, 5.74) is 3.32. The molecule has 2 aromatic rings. The third kappa shape index (κ3) is 4.56. The maximum Gasteiger partial charge on any atom is 0.335 e. The first-order chi connectivity index (χ1) is 16.0. The molecule has 0 fully saturated rings. The zero-order valence-electron chi connectivity index (χ0n) is 17.8. The number of ether oxygens (including phenoxy) is 2. The topological polar surface area (TPSA) is 88.0 Å². The van der Waals surface area contributed by atoms with Crippen molar-refractivity contribution in [2.75, 3.05) is 11.9 Å². The van der Waals surface area contributed by atoms with Crippen LogP contribution in [0.4, 0.5) is 5.69 Å². The van der Waals surface area contributed by atoms with Gasteiger partial charge in [0.2, 0.25) is 0 Å². The second-order valence-electron chi connectivity index (χ2n) is 8.47. The van der Waals surface area contributed by atoms with Crippen LogP contribution in [-0.4, -0.2) is 41.0 Å². The molecule has 4 unspecified atom stereocenters. The number of anilines is 1. The van der Waals surface area contributed by atoms with Gasteiger partial charge in [0.25, 0.3) is 0 Å². The van der Waals surface area contributed by atoms with Crippen LogP contribution in [0, 0.1) is 5.92 Å². The zero-order valence-corrected chi connectivity index (χ0v) is 19.4. The molecule has 0 radical (unpaired) electrons. The van der Waals surface area contributed by atoms with Crippen LogP contribution in [0.2, 0.25) is 0 Å². The summed E-state index contributed by atoms with van der Waals surface area (Å²) >= 11 is 3.33. The number of halogens is 1. The number of allylic oxidation sites excluding steroid dienone is 2. The number of nitrogens with one attached hydrogen (secondary N) is 1. The SMILES string of the molecule is O=C(O)C1=CC(Br)=CC2C(O)C=C(c3cccc(OCC4CCc5ccccc5N4)c3)OC12. The van der Waals surface area contributed by atoms with E-state index in [4.69, 9.17) is 9.47 Å². The van der Waals surface area contributed by atoms with Crippen molar-refractivity contribution in [2.24, 2.45) is 5.92 Å². The van der Waals surface area contributed by atoms with Crippen LogP contribution in [0.15, 0.2) is 76.8 Å². The van der Waals surface area contributed by atoms with Gasteiger partial charge in [-0.2, -0.15) is 0 Å². The van der Waals surface area contributed by atoms with Gasteiger partial charge < -0.3 is 25.0 Å². The second kappa shape index (κ2) is 9.08. The minimum absolute atomic E-state index is 0.107. The molecule has 0 aromatic heterocycles. The first-order valence-electron chi connectivity index (χ1n) is 10.9. The lowest BCUT2D eigenvalue weighted by Crippen LogP contribution is -2.40. The molecule has 0 amide bonds. The van der Waals surface area contributed by atoms with Gasteiger partial charge in [0, 0.05) is 21.7 Å². The summed E-state index contributed by atoms with van der Waals surface area (Å²) in [7, 11) is 0. The number of rotatable bonds is 5. The van der Waals surface area contributed by atoms with Crippen LogP contribution in [0.5, 0.6) is 5.75 Å². The van der Waals surface area contributed by atoms with E-state index in [0.29, 0.717) is 22.6 Å². The number of carbonyl (C=O) groups is 1. The predicted molar refractivity (Wildman–Crippen MR) is 129 cm³/mol. The molecule has 0 saturated carbocycles. The van der Waals surface area contributed by atoms with Crippen molar-refractivity contribution in [3.63, 3.8) is 0 Å². The summed E-state index contributed by atoms with van der Waals surface area (Å²) < 4.78 is 12.8. The van der Waals surface area contributed by atoms with Crippen molar-refractivity contribution < 1.29 is 24.5 Å². The van der Waals surface area contributed by atoms with Crippen LogP contribution >= 0.6 is 15.9 Å². The van der Waals surface area contributed by atoms with Gasteiger partial charge in [0.15, 0.2) is 0 Å². The summed E-state index contributed by atoms with van der Waals surface area (Å²) in [5.74, 6) is -0.409. The Labute approximate surface area is 200 Å². The van der Waals surface area contributed by atoms with Crippen molar-refractivity contribution >= 4 is 33.3 Å². The van der Waals surface area contributed by atoms with Gasteiger partial charge in [-0.1, -0.05) is 52.3 Å². The molecule has 2 aromatic carbocycles. The maximum atomic E-state index is 11.7. The molecular weight excluding hydrogens is 486 g/mol. The lowest BCUT2D eigenvalue weighted by atomic mass is 9.84. The third-order valence-corrected chi connectivity index (χ3v) is 6.72. The molecule has 2 heterocycles. The van der Waals surface area contributed by atoms with Gasteiger partial charge in [-0.25, -0.2) is 4.79 Å². The molecule has 0 spiro atoms. The number of carboxylic acids is 1. The molecule has 6 nitrogen and oxygen atoms in total. The molecule has 4 atom stereocenters. The van der Waals surface area contributed by atoms with Crippen LogP contribution in [-0.2, 0) is 16.0 Å². The van der Waals surface area contributed by atoms with E-state index in [2.05, 4.69) is 39.4 Å². The highest BCUT2D eigenvalue weighted by atomic mass is 79.9. The number of aryl methyl sites for hydroxylation is 1. The average molecular weight is 510 g/mol. The minimum atomic E-state index is -1.07. The Kier molecular flexibility index (Phi) is 6.00. The van der Waals surface area contributed by atoms with E-state index in [1.165, 1.54) is 11.6 Å². The van der Waals surface area contributed by atoms with Crippen LogP contribution in [0.3, 0.4) is 0 Å². The van der Waals surface area contributed by atoms with Crippen molar-refractivity contribution in [3.05, 3.63) is 87.9 Å². The monoisotopic (exact) mass is 509 g/mol. The molecule has 3 N–H and O–H groups in total. The fourth-order valence-corrected chi connectivity index (χ4v) is 5.08. The quantitative estimate of drug-likeness (QED) is 0.549. The lowest BCUT2D eigenvalue weighted by Gasteiger charge is -2.36. The van der Waals surface area contributed by atoms with E-state index in [-0.39, 0.29) is 11.6 Å². The highest BCUT2D eigenvalue weighted by Gasteiger charge is 2.40. The first-order valence-corrected chi connectivity index (χ1v) is 11.7. The van der Waals surface area contributed by atoms with Gasteiger partial charge >= 0.3 is 5.97 Å². The average Bonchev–Trinajstić information content (AvgIpc) is 2.82. The maximum absolute atomic E-state index is 11.7. The summed E-state index contributed by atoms with van der Waals surface area (Å²) in [6, 6.07) is 16.0. The van der Waals surface area contributed by atoms with Gasteiger partial charge in [-0.3, -0.25) is 0 Å². The lowest BCUT2D eigenvalue weighted by molar-refractivity contribution is -0.134. The molecule has 0 saturated heterocycles. The Morgan fingerprint density at radius 3 is 2.88 bits per heavy atom. The molecule has 1 aliphatic carbocycles. The fraction of sp³-hybridized carbons (Fsp3) is 0.269. The van der Waals surface area contributed by atoms with Crippen LogP contribution < -0.4 is 10.1 Å². The van der Waals surface area contributed by atoms with Gasteiger partial charge in [-0.15, -0.1) is 0 Å². The number of aliphatic hydroxyl groups excluding tert-OH is 1. The van der Waals surface area contributed by atoms with Gasteiger partial charge in [0.05, 0.1) is 17.7 Å². The van der Waals surface area contributed by atoms with Crippen LogP contribution in [0.1, 0.15) is 17.5 Å². The standard InChI is InChI=1S/C26H24BrNO5/c27-17-11-20-23(29)13-24(33-25(20)21(12-17)26(30)31)16-5-3-6-19(10-16)32-14-18-9-8-15-4-1-2-7-22(15)28-18/h1-7,10-13,18,20,23,25,28-29H,8-9,14H2,(H,30,31). The highest BCUT2D eigenvalue weighted by Crippen LogP contribution is 2.39. The van der Waals surface area contributed by atoms with Crippen molar-refractivity contribution in [2.45, 2.75) is 31.1 Å². The number of hydrogen-bond acceptors (Lipinski definition) is 5. The van der Waals surface area contributed by atoms with Crippen LogP contribution in [0.25, 0.3) is 5.76 Å². The van der Waals surface area contributed by atoms with E-state index in [1.807, 2.05) is 30.3 Å². The largest absolute Gasteiger partial charge is 0.491 e. The number of benzene rings is 2. The normalized spacial score (nSPS) is 25.8. The number of hydrogen-bond donors (Lipinski definition) is 3. The van der Waals surface area contributed by atoms with E-state index in [9.17, 15) is 15.0 Å². The Morgan fingerprint density at radius 2 is 2.03 bits per heavy atom. The Hall–Kier alpha value is -3.03. The molecule has 170 valence electrons. The van der Waals surface area contributed by atoms with E-state index in [0.717, 1.165) is 24.1 Å². The molecule has 2 aliphatic heterocycles. The highest BCUT2D eigenvalue weighted by molar-refractivity contribution is 9.11. The Balaban J connectivity index is 1.30. The number of aliphatic carboxylic acids is 1. The zero-order chi connectivity index (χ0) is 22.9. The van der Waals surface area contributed by atoms with Gasteiger partial charge in [0.1, 0.15) is 24.2 Å². The second-order valence-corrected chi connectivity index (χ2v) is 9.39. The molecule has 5 rings (SSSR count). The summed E-state index contributed by atoms with van der Waals surface area (Å²) in [5, 5.41) is 23.8. The smallest absolute Gasteiger partial charge is 0.335 e.